The highest BCUT2D eigenvalue weighted by molar-refractivity contribution is 6.31. The average molecular weight is 235 g/mol. The molecule has 16 heavy (non-hydrogen) atoms. The van der Waals surface area contributed by atoms with Crippen molar-refractivity contribution in [2.45, 2.75) is 39.0 Å². The number of allylic oxidation sites excluding steroid dienone is 1. The molecule has 0 amide bonds. The van der Waals surface area contributed by atoms with Gasteiger partial charge in [-0.05, 0) is 60.8 Å². The van der Waals surface area contributed by atoms with Gasteiger partial charge in [0.25, 0.3) is 0 Å². The minimum absolute atomic E-state index is 0.499. The lowest BCUT2D eigenvalue weighted by atomic mass is 9.88. The highest BCUT2D eigenvalue weighted by atomic mass is 35.5. The molecule has 0 radical (unpaired) electrons. The van der Waals surface area contributed by atoms with E-state index >= 15 is 0 Å². The van der Waals surface area contributed by atoms with Crippen LogP contribution in [0.1, 0.15) is 36.5 Å². The predicted molar refractivity (Wildman–Crippen MR) is 71.2 cm³/mol. The minimum Gasteiger partial charge on any atom is -0.103 e. The number of rotatable bonds is 3. The van der Waals surface area contributed by atoms with Crippen molar-refractivity contribution in [3.8, 4) is 0 Å². The van der Waals surface area contributed by atoms with E-state index in [0.29, 0.717) is 5.92 Å². The Morgan fingerprint density at radius 1 is 1.31 bits per heavy atom. The Labute approximate surface area is 103 Å². The second kappa shape index (κ2) is 5.05. The van der Waals surface area contributed by atoms with Gasteiger partial charge in [-0.1, -0.05) is 30.7 Å². The Kier molecular flexibility index (Phi) is 3.70. The first-order chi connectivity index (χ1) is 7.70. The third-order valence-corrected chi connectivity index (χ3v) is 3.81. The Bertz CT molecular complexity index is 393. The van der Waals surface area contributed by atoms with Gasteiger partial charge in [0.05, 0.1) is 0 Å². The molecular weight excluding hydrogens is 216 g/mol. The Morgan fingerprint density at radius 3 is 2.56 bits per heavy atom. The molecular formula is C15H19Cl. The van der Waals surface area contributed by atoms with Crippen LogP contribution in [-0.2, 0) is 19.3 Å². The van der Waals surface area contributed by atoms with Crippen LogP contribution in [0.25, 0.3) is 0 Å². The highest BCUT2D eigenvalue weighted by Crippen LogP contribution is 2.29. The van der Waals surface area contributed by atoms with Gasteiger partial charge in [0.15, 0.2) is 0 Å². The van der Waals surface area contributed by atoms with E-state index in [4.69, 9.17) is 11.6 Å². The normalized spacial score (nSPS) is 16.6. The van der Waals surface area contributed by atoms with Crippen molar-refractivity contribution in [1.29, 1.82) is 0 Å². The van der Waals surface area contributed by atoms with Gasteiger partial charge >= 0.3 is 0 Å². The van der Waals surface area contributed by atoms with Crippen molar-refractivity contribution in [2.75, 3.05) is 0 Å². The van der Waals surface area contributed by atoms with E-state index in [-0.39, 0.29) is 0 Å². The first-order valence-electron chi connectivity index (χ1n) is 6.13. The van der Waals surface area contributed by atoms with Crippen molar-refractivity contribution in [3.63, 3.8) is 0 Å². The molecule has 0 spiro atoms. The summed E-state index contributed by atoms with van der Waals surface area (Å²) in [6.07, 6.45) is 8.07. The molecule has 1 aliphatic rings. The molecule has 0 aromatic heterocycles. The SMILES string of the molecule is C=CC(C)Cc1cc2c(cc1Cl)CCCC2. The summed E-state index contributed by atoms with van der Waals surface area (Å²) in [5, 5.41) is 0.939. The lowest BCUT2D eigenvalue weighted by Crippen LogP contribution is -2.05. The van der Waals surface area contributed by atoms with Crippen LogP contribution in [0.5, 0.6) is 0 Å². The topological polar surface area (TPSA) is 0 Å². The van der Waals surface area contributed by atoms with Crippen LogP contribution in [0.15, 0.2) is 24.8 Å². The van der Waals surface area contributed by atoms with Crippen molar-refractivity contribution >= 4 is 11.6 Å². The molecule has 1 atom stereocenters. The van der Waals surface area contributed by atoms with Crippen LogP contribution >= 0.6 is 11.6 Å². The fraction of sp³-hybridized carbons (Fsp3) is 0.467. The molecule has 0 N–H and O–H groups in total. The number of hydrogen-bond acceptors (Lipinski definition) is 0. The maximum atomic E-state index is 6.33. The zero-order chi connectivity index (χ0) is 11.5. The van der Waals surface area contributed by atoms with Gasteiger partial charge in [-0.15, -0.1) is 6.58 Å². The molecule has 0 aliphatic heterocycles. The van der Waals surface area contributed by atoms with Gasteiger partial charge in [-0.25, -0.2) is 0 Å². The third kappa shape index (κ3) is 2.49. The third-order valence-electron chi connectivity index (χ3n) is 3.46. The van der Waals surface area contributed by atoms with E-state index < -0.39 is 0 Å². The zero-order valence-electron chi connectivity index (χ0n) is 9.93. The number of fused-ring (bicyclic) bond motifs is 1. The van der Waals surface area contributed by atoms with Gasteiger partial charge in [0.1, 0.15) is 0 Å². The predicted octanol–water partition coefficient (Wildman–Crippen LogP) is 4.58. The maximum absolute atomic E-state index is 6.33. The van der Waals surface area contributed by atoms with Crippen LogP contribution in [0.3, 0.4) is 0 Å². The number of benzene rings is 1. The molecule has 0 saturated carbocycles. The molecule has 0 heterocycles. The van der Waals surface area contributed by atoms with Gasteiger partial charge < -0.3 is 0 Å². The second-order valence-corrected chi connectivity index (χ2v) is 5.24. The summed E-state index contributed by atoms with van der Waals surface area (Å²) in [5.74, 6) is 0.499. The van der Waals surface area contributed by atoms with Crippen LogP contribution in [0, 0.1) is 5.92 Å². The number of hydrogen-bond donors (Lipinski definition) is 0. The lowest BCUT2D eigenvalue weighted by molar-refractivity contribution is 0.679. The van der Waals surface area contributed by atoms with Crippen LogP contribution in [-0.4, -0.2) is 0 Å². The molecule has 1 aromatic carbocycles. The van der Waals surface area contributed by atoms with Crippen molar-refractivity contribution in [3.05, 3.63) is 46.5 Å². The van der Waals surface area contributed by atoms with E-state index in [1.807, 2.05) is 6.08 Å². The number of aryl methyl sites for hydroxylation is 2. The molecule has 0 saturated heterocycles. The quantitative estimate of drug-likeness (QED) is 0.672. The van der Waals surface area contributed by atoms with Gasteiger partial charge in [-0.3, -0.25) is 0 Å². The first kappa shape index (κ1) is 11.7. The molecule has 0 bridgehead atoms. The standard InChI is InChI=1S/C15H19Cl/c1-3-11(2)8-14-9-12-6-4-5-7-13(12)10-15(14)16/h3,9-11H,1,4-8H2,2H3. The summed E-state index contributed by atoms with van der Waals surface area (Å²) < 4.78 is 0. The molecule has 1 aromatic rings. The summed E-state index contributed by atoms with van der Waals surface area (Å²) in [7, 11) is 0. The van der Waals surface area contributed by atoms with E-state index in [1.165, 1.54) is 42.4 Å². The van der Waals surface area contributed by atoms with Gasteiger partial charge in [-0.2, -0.15) is 0 Å². The summed E-state index contributed by atoms with van der Waals surface area (Å²) >= 11 is 6.33. The van der Waals surface area contributed by atoms with E-state index in [9.17, 15) is 0 Å². The summed E-state index contributed by atoms with van der Waals surface area (Å²) in [5.41, 5.74) is 4.27. The van der Waals surface area contributed by atoms with E-state index in [0.717, 1.165) is 11.4 Å². The van der Waals surface area contributed by atoms with E-state index in [1.54, 1.807) is 0 Å². The van der Waals surface area contributed by atoms with Crippen molar-refractivity contribution in [2.24, 2.45) is 5.92 Å². The monoisotopic (exact) mass is 234 g/mol. The summed E-state index contributed by atoms with van der Waals surface area (Å²) in [6.45, 7) is 6.01. The summed E-state index contributed by atoms with van der Waals surface area (Å²) in [4.78, 5) is 0. The van der Waals surface area contributed by atoms with Crippen LogP contribution in [0.4, 0.5) is 0 Å². The molecule has 1 unspecified atom stereocenters. The maximum Gasteiger partial charge on any atom is 0.0441 e. The molecule has 0 fully saturated rings. The Balaban J connectivity index is 2.28. The van der Waals surface area contributed by atoms with Crippen LogP contribution < -0.4 is 0 Å². The van der Waals surface area contributed by atoms with E-state index in [2.05, 4.69) is 25.6 Å². The molecule has 2 rings (SSSR count). The second-order valence-electron chi connectivity index (χ2n) is 4.84. The van der Waals surface area contributed by atoms with Crippen molar-refractivity contribution < 1.29 is 0 Å². The molecule has 0 nitrogen and oxygen atoms in total. The largest absolute Gasteiger partial charge is 0.103 e. The highest BCUT2D eigenvalue weighted by Gasteiger charge is 2.13. The van der Waals surface area contributed by atoms with Gasteiger partial charge in [0, 0.05) is 5.02 Å². The Morgan fingerprint density at radius 2 is 1.94 bits per heavy atom. The van der Waals surface area contributed by atoms with Crippen molar-refractivity contribution in [1.82, 2.24) is 0 Å². The molecule has 86 valence electrons. The summed E-state index contributed by atoms with van der Waals surface area (Å²) in [6, 6.07) is 4.50. The number of halogens is 1. The zero-order valence-corrected chi connectivity index (χ0v) is 10.7. The lowest BCUT2D eigenvalue weighted by Gasteiger charge is -2.18. The fourth-order valence-corrected chi connectivity index (χ4v) is 2.66. The Hall–Kier alpha value is -0.750. The van der Waals surface area contributed by atoms with Crippen LogP contribution in [0.2, 0.25) is 5.02 Å². The fourth-order valence-electron chi connectivity index (χ4n) is 2.39. The average Bonchev–Trinajstić information content (AvgIpc) is 2.30. The molecule has 1 heteroatoms. The first-order valence-corrected chi connectivity index (χ1v) is 6.51. The minimum atomic E-state index is 0.499. The van der Waals surface area contributed by atoms with Gasteiger partial charge in [0.2, 0.25) is 0 Å². The smallest absolute Gasteiger partial charge is 0.0441 e. The molecule has 1 aliphatic carbocycles.